The van der Waals surface area contributed by atoms with Gasteiger partial charge in [0, 0.05) is 6.20 Å². The van der Waals surface area contributed by atoms with Crippen molar-refractivity contribution in [3.05, 3.63) is 53.3 Å². The molecule has 0 amide bonds. The molecule has 0 atom stereocenters. The number of alkyl halides is 3. The number of phenols is 1. The third kappa shape index (κ3) is 3.80. The Hall–Kier alpha value is -3.01. The van der Waals surface area contributed by atoms with E-state index in [0.29, 0.717) is 11.8 Å². The minimum atomic E-state index is -4.48. The van der Waals surface area contributed by atoms with Crippen LogP contribution in [0.15, 0.2) is 36.5 Å². The first-order valence-electron chi connectivity index (χ1n) is 6.37. The van der Waals surface area contributed by atoms with E-state index in [1.165, 1.54) is 25.3 Å². The number of pyridine rings is 1. The van der Waals surface area contributed by atoms with Gasteiger partial charge in [-0.15, -0.1) is 0 Å². The Kier molecular flexibility index (Phi) is 4.55. The molecule has 2 aromatic rings. The van der Waals surface area contributed by atoms with Crippen molar-refractivity contribution in [3.8, 4) is 17.6 Å². The summed E-state index contributed by atoms with van der Waals surface area (Å²) in [5.41, 5.74) is -0.221. The summed E-state index contributed by atoms with van der Waals surface area (Å²) in [4.78, 5) is 3.67. The maximum absolute atomic E-state index is 12.5. The second kappa shape index (κ2) is 6.40. The summed E-state index contributed by atoms with van der Waals surface area (Å²) in [6.45, 7) is 0. The highest BCUT2D eigenvalue weighted by atomic mass is 19.4. The van der Waals surface area contributed by atoms with Crippen LogP contribution in [0.25, 0.3) is 11.6 Å². The van der Waals surface area contributed by atoms with Crippen molar-refractivity contribution in [1.29, 1.82) is 5.26 Å². The molecule has 1 aromatic heterocycles. The molecular formula is C16H11F3N2O2. The van der Waals surface area contributed by atoms with E-state index >= 15 is 0 Å². The molecule has 0 bridgehead atoms. The van der Waals surface area contributed by atoms with Gasteiger partial charge in [-0.25, -0.2) is 0 Å². The number of benzene rings is 1. The Morgan fingerprint density at radius 2 is 2.04 bits per heavy atom. The molecule has 2 rings (SSSR count). The third-order valence-electron chi connectivity index (χ3n) is 3.00. The average Bonchev–Trinajstić information content (AvgIpc) is 2.52. The summed E-state index contributed by atoms with van der Waals surface area (Å²) in [6, 6.07) is 8.35. The van der Waals surface area contributed by atoms with Gasteiger partial charge in [-0.3, -0.25) is 4.98 Å². The van der Waals surface area contributed by atoms with Crippen molar-refractivity contribution in [3.63, 3.8) is 0 Å². The molecule has 23 heavy (non-hydrogen) atoms. The van der Waals surface area contributed by atoms with Crippen LogP contribution < -0.4 is 4.74 Å². The predicted octanol–water partition coefficient (Wildman–Crippen LogP) is 3.88. The average molecular weight is 320 g/mol. The summed E-state index contributed by atoms with van der Waals surface area (Å²) < 4.78 is 42.4. The Bertz CT molecular complexity index is 775. The maximum atomic E-state index is 12.5. The van der Waals surface area contributed by atoms with Crippen molar-refractivity contribution in [2.45, 2.75) is 6.18 Å². The van der Waals surface area contributed by atoms with Crippen LogP contribution in [-0.4, -0.2) is 17.2 Å². The van der Waals surface area contributed by atoms with Gasteiger partial charge in [0.15, 0.2) is 11.5 Å². The van der Waals surface area contributed by atoms with Gasteiger partial charge in [0.05, 0.1) is 23.9 Å². The predicted molar refractivity (Wildman–Crippen MR) is 77.4 cm³/mol. The fourth-order valence-corrected chi connectivity index (χ4v) is 1.85. The number of hydrogen-bond acceptors (Lipinski definition) is 4. The van der Waals surface area contributed by atoms with Crippen LogP contribution in [0.3, 0.4) is 0 Å². The van der Waals surface area contributed by atoms with Gasteiger partial charge in [-0.05, 0) is 35.9 Å². The van der Waals surface area contributed by atoms with E-state index in [2.05, 4.69) is 4.98 Å². The summed E-state index contributed by atoms with van der Waals surface area (Å²) in [5.74, 6) is 0.159. The van der Waals surface area contributed by atoms with Crippen LogP contribution >= 0.6 is 0 Å². The lowest BCUT2D eigenvalue weighted by atomic mass is 10.1. The fourth-order valence-electron chi connectivity index (χ4n) is 1.85. The molecule has 0 aliphatic carbocycles. The lowest BCUT2D eigenvalue weighted by molar-refractivity contribution is -0.137. The highest BCUT2D eigenvalue weighted by Crippen LogP contribution is 2.30. The first-order chi connectivity index (χ1) is 10.8. The second-order valence-corrected chi connectivity index (χ2v) is 4.53. The molecule has 0 radical (unpaired) electrons. The minimum Gasteiger partial charge on any atom is -0.504 e. The fraction of sp³-hybridized carbons (Fsp3) is 0.125. The van der Waals surface area contributed by atoms with Crippen LogP contribution in [0, 0.1) is 11.3 Å². The Labute approximate surface area is 130 Å². The molecule has 4 nitrogen and oxygen atoms in total. The monoisotopic (exact) mass is 320 g/mol. The van der Waals surface area contributed by atoms with Crippen LogP contribution in [0.4, 0.5) is 13.2 Å². The second-order valence-electron chi connectivity index (χ2n) is 4.53. The molecule has 0 saturated heterocycles. The number of allylic oxidation sites excluding steroid dienone is 1. The van der Waals surface area contributed by atoms with Crippen molar-refractivity contribution >= 4 is 11.6 Å². The molecule has 1 aromatic carbocycles. The van der Waals surface area contributed by atoms with E-state index in [9.17, 15) is 23.5 Å². The van der Waals surface area contributed by atoms with Crippen molar-refractivity contribution in [2.75, 3.05) is 7.11 Å². The molecule has 0 saturated carbocycles. The van der Waals surface area contributed by atoms with E-state index in [4.69, 9.17) is 4.74 Å². The van der Waals surface area contributed by atoms with Crippen molar-refractivity contribution in [2.24, 2.45) is 0 Å². The van der Waals surface area contributed by atoms with Crippen molar-refractivity contribution in [1.82, 2.24) is 4.98 Å². The zero-order valence-electron chi connectivity index (χ0n) is 11.9. The highest BCUT2D eigenvalue weighted by molar-refractivity contribution is 5.88. The lowest BCUT2D eigenvalue weighted by Crippen LogP contribution is -2.05. The van der Waals surface area contributed by atoms with E-state index in [0.717, 1.165) is 12.1 Å². The number of aromatic hydroxyl groups is 1. The van der Waals surface area contributed by atoms with E-state index in [1.807, 2.05) is 6.07 Å². The number of nitrogens with zero attached hydrogens (tertiary/aromatic N) is 2. The summed E-state index contributed by atoms with van der Waals surface area (Å²) in [5, 5.41) is 18.9. The number of methoxy groups -OCH3 is 1. The van der Waals surface area contributed by atoms with Gasteiger partial charge in [-0.1, -0.05) is 6.07 Å². The molecule has 0 aliphatic rings. The van der Waals surface area contributed by atoms with Crippen LogP contribution in [-0.2, 0) is 6.18 Å². The van der Waals surface area contributed by atoms with Gasteiger partial charge in [0.25, 0.3) is 0 Å². The first-order valence-corrected chi connectivity index (χ1v) is 6.37. The molecule has 1 N–H and O–H groups in total. The minimum absolute atomic E-state index is 0.0725. The molecule has 118 valence electrons. The summed E-state index contributed by atoms with van der Waals surface area (Å²) in [7, 11) is 1.40. The van der Waals surface area contributed by atoms with Gasteiger partial charge in [0.1, 0.15) is 6.07 Å². The number of nitriles is 1. The summed E-state index contributed by atoms with van der Waals surface area (Å²) >= 11 is 0. The number of ether oxygens (including phenoxy) is 1. The van der Waals surface area contributed by atoms with Crippen LogP contribution in [0.1, 0.15) is 16.8 Å². The normalized spacial score (nSPS) is 11.9. The number of hydrogen-bond donors (Lipinski definition) is 1. The van der Waals surface area contributed by atoms with E-state index in [1.54, 1.807) is 6.07 Å². The SMILES string of the molecule is COc1ccc(C=C(C#N)c2ccc(C(F)(F)F)cn2)cc1O. The summed E-state index contributed by atoms with van der Waals surface area (Å²) in [6.07, 6.45) is -2.40. The van der Waals surface area contributed by atoms with E-state index in [-0.39, 0.29) is 22.8 Å². The Morgan fingerprint density at radius 3 is 2.52 bits per heavy atom. The van der Waals surface area contributed by atoms with E-state index < -0.39 is 11.7 Å². The number of halogens is 3. The number of rotatable bonds is 3. The Balaban J connectivity index is 2.36. The zero-order valence-corrected chi connectivity index (χ0v) is 11.9. The molecular weight excluding hydrogens is 309 g/mol. The first kappa shape index (κ1) is 16.4. The van der Waals surface area contributed by atoms with Gasteiger partial charge in [0.2, 0.25) is 0 Å². The zero-order chi connectivity index (χ0) is 17.0. The standard InChI is InChI=1S/C16H11F3N2O2/c1-23-15-5-2-10(7-14(15)22)6-11(8-20)13-4-3-12(9-21-13)16(17,18)19/h2-7,9,22H,1H3. The quantitative estimate of drug-likeness (QED) is 0.872. The molecule has 0 unspecified atom stereocenters. The molecule has 0 aliphatic heterocycles. The van der Waals surface area contributed by atoms with Gasteiger partial charge in [-0.2, -0.15) is 18.4 Å². The maximum Gasteiger partial charge on any atom is 0.417 e. The Morgan fingerprint density at radius 1 is 1.30 bits per heavy atom. The highest BCUT2D eigenvalue weighted by Gasteiger charge is 2.30. The third-order valence-corrected chi connectivity index (χ3v) is 3.00. The molecule has 1 heterocycles. The smallest absolute Gasteiger partial charge is 0.417 e. The number of phenolic OH excluding ortho intramolecular Hbond substituents is 1. The number of aromatic nitrogens is 1. The topological polar surface area (TPSA) is 66.1 Å². The molecule has 7 heteroatoms. The molecule has 0 fully saturated rings. The van der Waals surface area contributed by atoms with Gasteiger partial charge >= 0.3 is 6.18 Å². The van der Waals surface area contributed by atoms with Gasteiger partial charge < -0.3 is 9.84 Å². The largest absolute Gasteiger partial charge is 0.504 e. The van der Waals surface area contributed by atoms with Crippen LogP contribution in [0.2, 0.25) is 0 Å². The van der Waals surface area contributed by atoms with Crippen LogP contribution in [0.5, 0.6) is 11.5 Å². The van der Waals surface area contributed by atoms with Crippen molar-refractivity contribution < 1.29 is 23.0 Å². The lowest BCUT2D eigenvalue weighted by Gasteiger charge is -2.07. The molecule has 0 spiro atoms.